The van der Waals surface area contributed by atoms with Crippen LogP contribution in [-0.2, 0) is 11.3 Å². The lowest BCUT2D eigenvalue weighted by molar-refractivity contribution is -0.885. The summed E-state index contributed by atoms with van der Waals surface area (Å²) in [5, 5.41) is 3.16. The lowest BCUT2D eigenvalue weighted by Crippen LogP contribution is -3.08. The number of amides is 1. The van der Waals surface area contributed by atoms with E-state index < -0.39 is 0 Å². The van der Waals surface area contributed by atoms with Crippen molar-refractivity contribution < 1.29 is 14.1 Å². The van der Waals surface area contributed by atoms with Gasteiger partial charge in [-0.1, -0.05) is 72.8 Å². The molecule has 0 aliphatic carbocycles. The van der Waals surface area contributed by atoms with E-state index in [2.05, 4.69) is 5.32 Å². The van der Waals surface area contributed by atoms with Gasteiger partial charge in [-0.25, -0.2) is 4.39 Å². The predicted molar refractivity (Wildman–Crippen MR) is 105 cm³/mol. The minimum atomic E-state index is -0.247. The van der Waals surface area contributed by atoms with Gasteiger partial charge in [0, 0.05) is 5.56 Å². The molecule has 0 bridgehead atoms. The quantitative estimate of drug-likeness (QED) is 0.665. The van der Waals surface area contributed by atoms with Gasteiger partial charge in [-0.2, -0.15) is 0 Å². The van der Waals surface area contributed by atoms with Crippen molar-refractivity contribution in [3.05, 3.63) is 107 Å². The third-order valence-electron chi connectivity index (χ3n) is 4.45. The van der Waals surface area contributed by atoms with E-state index in [-0.39, 0.29) is 17.8 Å². The second-order valence-corrected chi connectivity index (χ2v) is 6.76. The van der Waals surface area contributed by atoms with Crippen molar-refractivity contribution in [1.29, 1.82) is 0 Å². The Morgan fingerprint density at radius 1 is 0.889 bits per heavy atom. The number of hydrogen-bond donors (Lipinski definition) is 2. The number of halogens is 1. The van der Waals surface area contributed by atoms with Crippen LogP contribution in [0.2, 0.25) is 0 Å². The number of carbonyl (C=O) groups excluding carboxylic acids is 1. The zero-order chi connectivity index (χ0) is 19.1. The molecule has 1 unspecified atom stereocenters. The average Bonchev–Trinajstić information content (AvgIpc) is 2.69. The summed E-state index contributed by atoms with van der Waals surface area (Å²) in [6.45, 7) is 1.00. The lowest BCUT2D eigenvalue weighted by atomic mass is 9.99. The molecule has 0 aliphatic heterocycles. The van der Waals surface area contributed by atoms with Crippen molar-refractivity contribution in [1.82, 2.24) is 5.32 Å². The maximum absolute atomic E-state index is 13.0. The van der Waals surface area contributed by atoms with Gasteiger partial charge in [-0.15, -0.1) is 0 Å². The van der Waals surface area contributed by atoms with Gasteiger partial charge in [-0.05, 0) is 23.3 Å². The monoisotopic (exact) mass is 363 g/mol. The van der Waals surface area contributed by atoms with Crippen LogP contribution in [0.1, 0.15) is 22.7 Å². The van der Waals surface area contributed by atoms with E-state index in [1.54, 1.807) is 12.1 Å². The van der Waals surface area contributed by atoms with Crippen LogP contribution in [-0.4, -0.2) is 19.5 Å². The zero-order valence-corrected chi connectivity index (χ0v) is 15.4. The van der Waals surface area contributed by atoms with Crippen molar-refractivity contribution in [2.45, 2.75) is 12.6 Å². The number of likely N-dealkylation sites (N-methyl/N-ethyl adjacent to an activating group) is 1. The summed E-state index contributed by atoms with van der Waals surface area (Å²) in [6.07, 6.45) is 0. The molecule has 0 fully saturated rings. The molecule has 0 radical (unpaired) electrons. The maximum Gasteiger partial charge on any atom is 0.275 e. The second kappa shape index (κ2) is 9.10. The van der Waals surface area contributed by atoms with Gasteiger partial charge in [0.25, 0.3) is 5.91 Å². The molecular weight excluding hydrogens is 339 g/mol. The van der Waals surface area contributed by atoms with Gasteiger partial charge in [0.05, 0.1) is 13.1 Å². The number of carbonyl (C=O) groups is 1. The Bertz CT molecular complexity index is 811. The third-order valence-corrected chi connectivity index (χ3v) is 4.45. The maximum atomic E-state index is 13.0. The van der Waals surface area contributed by atoms with Gasteiger partial charge in [0.2, 0.25) is 0 Å². The highest BCUT2D eigenvalue weighted by Gasteiger charge is 2.19. The van der Waals surface area contributed by atoms with E-state index in [0.717, 1.165) is 21.6 Å². The first kappa shape index (κ1) is 18.8. The first-order chi connectivity index (χ1) is 13.1. The third kappa shape index (κ3) is 5.50. The van der Waals surface area contributed by atoms with E-state index in [1.807, 2.05) is 67.7 Å². The van der Waals surface area contributed by atoms with Crippen molar-refractivity contribution >= 4 is 5.91 Å². The number of quaternary nitrogens is 1. The van der Waals surface area contributed by atoms with Gasteiger partial charge >= 0.3 is 0 Å². The van der Waals surface area contributed by atoms with Crippen molar-refractivity contribution in [3.63, 3.8) is 0 Å². The molecule has 3 nitrogen and oxygen atoms in total. The van der Waals surface area contributed by atoms with Gasteiger partial charge in [-0.3, -0.25) is 4.79 Å². The molecular formula is C23H24FN2O+. The molecule has 0 aromatic heterocycles. The Balaban J connectivity index is 1.66. The van der Waals surface area contributed by atoms with Crippen LogP contribution < -0.4 is 10.2 Å². The highest BCUT2D eigenvalue weighted by atomic mass is 19.1. The summed E-state index contributed by atoms with van der Waals surface area (Å²) < 4.78 is 13.0. The molecule has 27 heavy (non-hydrogen) atoms. The molecule has 2 N–H and O–H groups in total. The minimum Gasteiger partial charge on any atom is -0.340 e. The normalized spacial score (nSPS) is 12.0. The van der Waals surface area contributed by atoms with E-state index >= 15 is 0 Å². The molecule has 0 heterocycles. The molecule has 1 atom stereocenters. The molecule has 0 saturated carbocycles. The standard InChI is InChI=1S/C23H23FN2O/c1-26(16-18-12-14-21(24)15-13-18)17-22(27)25-23(19-8-4-2-5-9-19)20-10-6-3-7-11-20/h2-15,23H,16-17H2,1H3,(H,25,27)/p+1. The second-order valence-electron chi connectivity index (χ2n) is 6.76. The molecule has 0 spiro atoms. The smallest absolute Gasteiger partial charge is 0.275 e. The Morgan fingerprint density at radius 3 is 1.93 bits per heavy atom. The van der Waals surface area contributed by atoms with Crippen LogP contribution in [0.3, 0.4) is 0 Å². The summed E-state index contributed by atoms with van der Waals surface area (Å²) in [6, 6.07) is 26.1. The largest absolute Gasteiger partial charge is 0.340 e. The van der Waals surface area contributed by atoms with Crippen LogP contribution in [0, 0.1) is 5.82 Å². The van der Waals surface area contributed by atoms with Crippen LogP contribution in [0.15, 0.2) is 84.9 Å². The minimum absolute atomic E-state index is 0.0210. The van der Waals surface area contributed by atoms with Crippen LogP contribution in [0.4, 0.5) is 4.39 Å². The van der Waals surface area contributed by atoms with Gasteiger partial charge in [0.15, 0.2) is 6.54 Å². The molecule has 4 heteroatoms. The first-order valence-electron chi connectivity index (χ1n) is 9.07. The Hall–Kier alpha value is -2.98. The van der Waals surface area contributed by atoms with E-state index in [1.165, 1.54) is 12.1 Å². The van der Waals surface area contributed by atoms with Gasteiger partial charge < -0.3 is 10.2 Å². The Labute approximate surface area is 159 Å². The van der Waals surface area contributed by atoms with E-state index in [9.17, 15) is 9.18 Å². The van der Waals surface area contributed by atoms with Crippen molar-refractivity contribution in [2.75, 3.05) is 13.6 Å². The zero-order valence-electron chi connectivity index (χ0n) is 15.4. The number of rotatable bonds is 7. The number of benzene rings is 3. The molecule has 0 aliphatic rings. The molecule has 0 saturated heterocycles. The van der Waals surface area contributed by atoms with Crippen molar-refractivity contribution in [3.8, 4) is 0 Å². The molecule has 3 aromatic carbocycles. The van der Waals surface area contributed by atoms with E-state index in [4.69, 9.17) is 0 Å². The summed E-state index contributed by atoms with van der Waals surface area (Å²) in [5.74, 6) is -0.268. The fourth-order valence-corrected chi connectivity index (χ4v) is 3.15. The lowest BCUT2D eigenvalue weighted by Gasteiger charge is -2.21. The molecule has 138 valence electrons. The van der Waals surface area contributed by atoms with Crippen LogP contribution >= 0.6 is 0 Å². The molecule has 3 aromatic rings. The highest BCUT2D eigenvalue weighted by Crippen LogP contribution is 2.21. The molecule has 3 rings (SSSR count). The number of nitrogens with one attached hydrogen (secondary N) is 2. The summed E-state index contributed by atoms with van der Waals surface area (Å²) >= 11 is 0. The Morgan fingerprint density at radius 2 is 1.41 bits per heavy atom. The predicted octanol–water partition coefficient (Wildman–Crippen LogP) is 2.75. The molecule has 1 amide bonds. The average molecular weight is 363 g/mol. The van der Waals surface area contributed by atoms with Crippen molar-refractivity contribution in [2.24, 2.45) is 0 Å². The Kier molecular flexibility index (Phi) is 6.34. The first-order valence-corrected chi connectivity index (χ1v) is 9.07. The topological polar surface area (TPSA) is 33.5 Å². The summed E-state index contributed by atoms with van der Waals surface area (Å²) in [7, 11) is 1.96. The van der Waals surface area contributed by atoms with Crippen LogP contribution in [0.5, 0.6) is 0 Å². The highest BCUT2D eigenvalue weighted by molar-refractivity contribution is 5.77. The van der Waals surface area contributed by atoms with Gasteiger partial charge in [0.1, 0.15) is 12.4 Å². The van der Waals surface area contributed by atoms with Crippen LogP contribution in [0.25, 0.3) is 0 Å². The summed E-state index contributed by atoms with van der Waals surface area (Å²) in [5.41, 5.74) is 3.10. The number of hydrogen-bond acceptors (Lipinski definition) is 1. The fourth-order valence-electron chi connectivity index (χ4n) is 3.15. The fraction of sp³-hybridized carbons (Fsp3) is 0.174. The van der Waals surface area contributed by atoms with E-state index in [0.29, 0.717) is 13.1 Å². The summed E-state index contributed by atoms with van der Waals surface area (Å²) in [4.78, 5) is 13.7. The SMILES string of the molecule is C[NH+](CC(=O)NC(c1ccccc1)c1ccccc1)Cc1ccc(F)cc1.